The Morgan fingerprint density at radius 1 is 1.06 bits per heavy atom. The normalized spacial score (nSPS) is 18.5. The van der Waals surface area contributed by atoms with Crippen LogP contribution in [0.2, 0.25) is 0 Å². The third-order valence-electron chi connectivity index (χ3n) is 6.83. The Labute approximate surface area is 212 Å². The van der Waals surface area contributed by atoms with Crippen LogP contribution >= 0.6 is 0 Å². The first-order valence-electron chi connectivity index (χ1n) is 12.5. The molecule has 9 heteroatoms. The maximum absolute atomic E-state index is 13.2. The quantitative estimate of drug-likeness (QED) is 0.582. The Bertz CT molecular complexity index is 1070. The van der Waals surface area contributed by atoms with Crippen molar-refractivity contribution in [3.8, 4) is 5.75 Å². The molecule has 2 N–H and O–H groups in total. The van der Waals surface area contributed by atoms with Crippen molar-refractivity contribution in [2.75, 3.05) is 63.1 Å². The van der Waals surface area contributed by atoms with Crippen molar-refractivity contribution in [2.24, 2.45) is 0 Å². The number of aryl methyl sites for hydroxylation is 1. The Hall–Kier alpha value is -3.59. The third kappa shape index (κ3) is 6.34. The lowest BCUT2D eigenvalue weighted by Gasteiger charge is -2.39. The minimum atomic E-state index is -0.806. The van der Waals surface area contributed by atoms with Crippen molar-refractivity contribution >= 4 is 29.1 Å². The van der Waals surface area contributed by atoms with Crippen molar-refractivity contribution in [1.29, 1.82) is 0 Å². The monoisotopic (exact) mass is 493 g/mol. The number of methoxy groups -OCH3 is 1. The number of benzene rings is 2. The van der Waals surface area contributed by atoms with Gasteiger partial charge in [0, 0.05) is 56.7 Å². The molecule has 2 aliphatic rings. The lowest BCUT2D eigenvalue weighted by atomic mass is 10.1. The Morgan fingerprint density at radius 2 is 1.81 bits per heavy atom. The molecule has 2 aromatic rings. The molecular weight excluding hydrogens is 458 g/mol. The minimum absolute atomic E-state index is 0.0727. The van der Waals surface area contributed by atoms with Crippen molar-refractivity contribution in [3.63, 3.8) is 0 Å². The van der Waals surface area contributed by atoms with Crippen molar-refractivity contribution in [1.82, 2.24) is 15.1 Å². The number of carbonyl (C=O) groups is 3. The van der Waals surface area contributed by atoms with Crippen LogP contribution in [-0.4, -0.2) is 86.5 Å². The van der Waals surface area contributed by atoms with Crippen LogP contribution < -0.4 is 20.3 Å². The molecule has 36 heavy (non-hydrogen) atoms. The zero-order valence-electron chi connectivity index (χ0n) is 21.0. The second-order valence-corrected chi connectivity index (χ2v) is 9.16. The SMILES string of the molecule is CCc1ccc(NC(=O)C[C@@H]2C(=O)NCCN2C(=O)CN2CCN(c3cccc(OC)c3)CC2)cc1. The summed E-state index contributed by atoms with van der Waals surface area (Å²) < 4.78 is 5.33. The molecule has 3 amide bonds. The topological polar surface area (TPSA) is 94.2 Å². The van der Waals surface area contributed by atoms with Crippen LogP contribution in [0.4, 0.5) is 11.4 Å². The van der Waals surface area contributed by atoms with Gasteiger partial charge in [0.2, 0.25) is 17.7 Å². The van der Waals surface area contributed by atoms with E-state index in [9.17, 15) is 14.4 Å². The van der Waals surface area contributed by atoms with Crippen molar-refractivity contribution in [2.45, 2.75) is 25.8 Å². The van der Waals surface area contributed by atoms with Gasteiger partial charge >= 0.3 is 0 Å². The van der Waals surface area contributed by atoms with E-state index in [0.717, 1.165) is 44.0 Å². The van der Waals surface area contributed by atoms with Crippen molar-refractivity contribution in [3.05, 3.63) is 54.1 Å². The lowest BCUT2D eigenvalue weighted by Crippen LogP contribution is -2.60. The summed E-state index contributed by atoms with van der Waals surface area (Å²) in [5.74, 6) is 0.131. The highest BCUT2D eigenvalue weighted by Gasteiger charge is 2.35. The molecule has 0 bridgehead atoms. The maximum Gasteiger partial charge on any atom is 0.243 e. The molecule has 2 aliphatic heterocycles. The number of piperazine rings is 2. The van der Waals surface area contributed by atoms with E-state index in [1.807, 2.05) is 42.5 Å². The predicted octanol–water partition coefficient (Wildman–Crippen LogP) is 1.74. The number of nitrogens with one attached hydrogen (secondary N) is 2. The van der Waals surface area contributed by atoms with E-state index >= 15 is 0 Å². The first kappa shape index (κ1) is 25.5. The van der Waals surface area contributed by atoms with E-state index in [4.69, 9.17) is 4.74 Å². The van der Waals surface area contributed by atoms with Gasteiger partial charge in [-0.05, 0) is 36.2 Å². The van der Waals surface area contributed by atoms with Gasteiger partial charge in [-0.2, -0.15) is 0 Å². The van der Waals surface area contributed by atoms with Gasteiger partial charge in [-0.25, -0.2) is 0 Å². The standard InChI is InChI=1S/C27H35N5O4/c1-3-20-7-9-21(10-8-20)29-25(33)18-24-27(35)28-11-12-32(24)26(34)19-30-13-15-31(16-14-30)22-5-4-6-23(17-22)36-2/h4-10,17,24H,3,11-16,18-19H2,1-2H3,(H,28,35)(H,29,33)/t24-/m1/s1. The fourth-order valence-electron chi connectivity index (χ4n) is 4.68. The number of hydrogen-bond acceptors (Lipinski definition) is 6. The van der Waals surface area contributed by atoms with Crippen LogP contribution in [-0.2, 0) is 20.8 Å². The number of anilines is 2. The Morgan fingerprint density at radius 3 is 2.50 bits per heavy atom. The zero-order chi connectivity index (χ0) is 25.5. The van der Waals surface area contributed by atoms with Gasteiger partial charge < -0.3 is 25.2 Å². The summed E-state index contributed by atoms with van der Waals surface area (Å²) in [4.78, 5) is 44.5. The van der Waals surface area contributed by atoms with Gasteiger partial charge in [0.25, 0.3) is 0 Å². The number of nitrogens with zero attached hydrogens (tertiary/aromatic N) is 3. The smallest absolute Gasteiger partial charge is 0.243 e. The van der Waals surface area contributed by atoms with Crippen LogP contribution in [0.15, 0.2) is 48.5 Å². The van der Waals surface area contributed by atoms with Crippen molar-refractivity contribution < 1.29 is 19.1 Å². The molecule has 0 unspecified atom stereocenters. The summed E-state index contributed by atoms with van der Waals surface area (Å²) in [6, 6.07) is 14.8. The molecular formula is C27H35N5O4. The summed E-state index contributed by atoms with van der Waals surface area (Å²) in [7, 11) is 1.66. The number of ether oxygens (including phenoxy) is 1. The molecule has 2 aromatic carbocycles. The van der Waals surface area contributed by atoms with E-state index in [1.54, 1.807) is 12.0 Å². The van der Waals surface area contributed by atoms with E-state index < -0.39 is 6.04 Å². The van der Waals surface area contributed by atoms with Gasteiger partial charge in [-0.3, -0.25) is 19.3 Å². The fraction of sp³-hybridized carbons (Fsp3) is 0.444. The first-order chi connectivity index (χ1) is 17.5. The molecule has 2 heterocycles. The summed E-state index contributed by atoms with van der Waals surface area (Å²) in [6.07, 6.45) is 0.848. The summed E-state index contributed by atoms with van der Waals surface area (Å²) >= 11 is 0. The summed E-state index contributed by atoms with van der Waals surface area (Å²) in [6.45, 7) is 6.16. The second kappa shape index (κ2) is 11.9. The molecule has 0 radical (unpaired) electrons. The largest absolute Gasteiger partial charge is 0.497 e. The number of rotatable bonds is 8. The first-order valence-corrected chi connectivity index (χ1v) is 12.5. The average molecular weight is 494 g/mol. The number of hydrogen-bond donors (Lipinski definition) is 2. The van der Waals surface area contributed by atoms with Gasteiger partial charge in [-0.1, -0.05) is 25.1 Å². The molecule has 4 rings (SSSR count). The van der Waals surface area contributed by atoms with Gasteiger partial charge in [0.15, 0.2) is 0 Å². The predicted molar refractivity (Wildman–Crippen MR) is 139 cm³/mol. The minimum Gasteiger partial charge on any atom is -0.497 e. The van der Waals surface area contributed by atoms with Crippen LogP contribution in [0.5, 0.6) is 5.75 Å². The molecule has 192 valence electrons. The lowest BCUT2D eigenvalue weighted by molar-refractivity contribution is -0.145. The highest BCUT2D eigenvalue weighted by molar-refractivity contribution is 5.97. The van der Waals surface area contributed by atoms with E-state index in [1.165, 1.54) is 5.56 Å². The molecule has 0 saturated carbocycles. The van der Waals surface area contributed by atoms with Gasteiger partial charge in [-0.15, -0.1) is 0 Å². The molecule has 2 fully saturated rings. The van der Waals surface area contributed by atoms with E-state index in [0.29, 0.717) is 18.8 Å². The molecule has 0 aliphatic carbocycles. The summed E-state index contributed by atoms with van der Waals surface area (Å²) in [5, 5.41) is 5.64. The average Bonchev–Trinajstić information content (AvgIpc) is 2.90. The molecule has 0 spiro atoms. The Balaban J connectivity index is 1.31. The Kier molecular flexibility index (Phi) is 8.43. The van der Waals surface area contributed by atoms with Gasteiger partial charge in [0.05, 0.1) is 20.1 Å². The molecule has 0 aromatic heterocycles. The van der Waals surface area contributed by atoms with E-state index in [2.05, 4.69) is 33.4 Å². The highest BCUT2D eigenvalue weighted by Crippen LogP contribution is 2.22. The third-order valence-corrected chi connectivity index (χ3v) is 6.83. The number of amides is 3. The molecule has 9 nitrogen and oxygen atoms in total. The maximum atomic E-state index is 13.2. The number of carbonyl (C=O) groups excluding carboxylic acids is 3. The van der Waals surface area contributed by atoms with Crippen LogP contribution in [0.1, 0.15) is 18.9 Å². The van der Waals surface area contributed by atoms with Crippen LogP contribution in [0.25, 0.3) is 0 Å². The molecule has 1 atom stereocenters. The highest BCUT2D eigenvalue weighted by atomic mass is 16.5. The molecule has 2 saturated heterocycles. The van der Waals surface area contributed by atoms with Gasteiger partial charge in [0.1, 0.15) is 11.8 Å². The summed E-state index contributed by atoms with van der Waals surface area (Å²) in [5.41, 5.74) is 2.96. The van der Waals surface area contributed by atoms with Crippen LogP contribution in [0.3, 0.4) is 0 Å². The fourth-order valence-corrected chi connectivity index (χ4v) is 4.68. The van der Waals surface area contributed by atoms with Crippen LogP contribution in [0, 0.1) is 0 Å². The zero-order valence-corrected chi connectivity index (χ0v) is 21.0. The van der Waals surface area contributed by atoms with E-state index in [-0.39, 0.29) is 30.7 Å². The second-order valence-electron chi connectivity index (χ2n) is 9.16.